The zero-order chi connectivity index (χ0) is 21.9. The molecule has 0 radical (unpaired) electrons. The number of aromatic amines is 1. The van der Waals surface area contributed by atoms with Crippen LogP contribution in [0.5, 0.6) is 0 Å². The molecule has 6 nitrogen and oxygen atoms in total. The Morgan fingerprint density at radius 3 is 2.57 bits per heavy atom. The van der Waals surface area contributed by atoms with Gasteiger partial charge in [0.05, 0.1) is 24.8 Å². The molecule has 1 heterocycles. The highest BCUT2D eigenvalue weighted by atomic mass is 19.1. The lowest BCUT2D eigenvalue weighted by Gasteiger charge is -2.19. The number of rotatable bonds is 6. The number of nitrogens with zero attached hydrogens (tertiary/aromatic N) is 1. The summed E-state index contributed by atoms with van der Waals surface area (Å²) in [6, 6.07) is 9.13. The van der Waals surface area contributed by atoms with Crippen LogP contribution >= 0.6 is 0 Å². The van der Waals surface area contributed by atoms with Crippen LogP contribution in [0.1, 0.15) is 12.5 Å². The van der Waals surface area contributed by atoms with Gasteiger partial charge >= 0.3 is 6.09 Å². The number of carbonyl (C=O) groups is 1. The van der Waals surface area contributed by atoms with Crippen LogP contribution in [-0.2, 0) is 11.2 Å². The Labute approximate surface area is 169 Å². The number of aromatic nitrogens is 1. The van der Waals surface area contributed by atoms with E-state index in [0.29, 0.717) is 16.8 Å². The van der Waals surface area contributed by atoms with Gasteiger partial charge in [0.2, 0.25) is 0 Å². The molecule has 9 heteroatoms. The minimum Gasteiger partial charge on any atom is -0.449 e. The molecule has 156 valence electrons. The van der Waals surface area contributed by atoms with Gasteiger partial charge in [0, 0.05) is 23.6 Å². The van der Waals surface area contributed by atoms with Crippen LogP contribution in [0.4, 0.5) is 18.0 Å². The monoisotopic (exact) mass is 417 g/mol. The fourth-order valence-electron chi connectivity index (χ4n) is 3.01. The van der Waals surface area contributed by atoms with E-state index in [2.05, 4.69) is 10.3 Å². The van der Waals surface area contributed by atoms with Gasteiger partial charge in [-0.15, -0.1) is 0 Å². The Bertz CT molecular complexity index is 1120. The molecule has 1 unspecified atom stereocenters. The summed E-state index contributed by atoms with van der Waals surface area (Å²) in [5, 5.41) is 20.7. The van der Waals surface area contributed by atoms with Crippen molar-refractivity contribution < 1.29 is 27.8 Å². The van der Waals surface area contributed by atoms with E-state index in [4.69, 9.17) is 15.1 Å². The Morgan fingerprint density at radius 2 is 1.93 bits per heavy atom. The zero-order valence-corrected chi connectivity index (χ0v) is 15.9. The van der Waals surface area contributed by atoms with Crippen LogP contribution in [0.15, 0.2) is 36.4 Å². The van der Waals surface area contributed by atoms with Crippen molar-refractivity contribution in [2.45, 2.75) is 18.9 Å². The second-order valence-corrected chi connectivity index (χ2v) is 6.91. The van der Waals surface area contributed by atoms with Crippen molar-refractivity contribution in [1.29, 1.82) is 5.26 Å². The fourth-order valence-corrected chi connectivity index (χ4v) is 3.01. The van der Waals surface area contributed by atoms with Crippen LogP contribution in [0.2, 0.25) is 0 Å². The maximum atomic E-state index is 14.3. The van der Waals surface area contributed by atoms with E-state index in [1.165, 1.54) is 31.2 Å². The topological polar surface area (TPSA) is 98.1 Å². The zero-order valence-electron chi connectivity index (χ0n) is 15.9. The summed E-state index contributed by atoms with van der Waals surface area (Å²) < 4.78 is 46.4. The van der Waals surface area contributed by atoms with Crippen molar-refractivity contribution in [1.82, 2.24) is 10.3 Å². The van der Waals surface area contributed by atoms with Gasteiger partial charge in [-0.2, -0.15) is 5.26 Å². The maximum absolute atomic E-state index is 14.3. The van der Waals surface area contributed by atoms with Crippen LogP contribution in [0, 0.1) is 28.8 Å². The molecular weight excluding hydrogens is 399 g/mol. The van der Waals surface area contributed by atoms with Gasteiger partial charge in [-0.05, 0) is 48.4 Å². The SMILES string of the molecule is CC(C#N)(CO)NC(=O)OCCc1c(-c2ccc(F)cc2)[nH]c2c(F)cc(F)cc12. The Hall–Kier alpha value is -3.51. The van der Waals surface area contributed by atoms with Crippen molar-refractivity contribution in [3.05, 3.63) is 59.4 Å². The number of carbonyl (C=O) groups excluding carboxylic acids is 1. The number of alkyl carbamates (subject to hydrolysis) is 1. The molecule has 3 N–H and O–H groups in total. The summed E-state index contributed by atoms with van der Waals surface area (Å²) >= 11 is 0. The molecule has 1 aromatic heterocycles. The van der Waals surface area contributed by atoms with Gasteiger partial charge in [-0.25, -0.2) is 18.0 Å². The lowest BCUT2D eigenvalue weighted by Crippen LogP contribution is -2.48. The normalized spacial score (nSPS) is 12.9. The molecule has 2 aromatic carbocycles. The van der Waals surface area contributed by atoms with Crippen LogP contribution in [0.3, 0.4) is 0 Å². The van der Waals surface area contributed by atoms with Gasteiger partial charge in [0.1, 0.15) is 17.5 Å². The third kappa shape index (κ3) is 4.39. The van der Waals surface area contributed by atoms with E-state index in [1.807, 2.05) is 0 Å². The molecule has 30 heavy (non-hydrogen) atoms. The number of aliphatic hydroxyl groups excluding tert-OH is 1. The van der Waals surface area contributed by atoms with E-state index < -0.39 is 35.7 Å². The van der Waals surface area contributed by atoms with Crippen molar-refractivity contribution in [3.63, 3.8) is 0 Å². The minimum atomic E-state index is -1.50. The average Bonchev–Trinajstić information content (AvgIpc) is 3.07. The molecule has 0 fully saturated rings. The third-order valence-electron chi connectivity index (χ3n) is 4.59. The van der Waals surface area contributed by atoms with Crippen LogP contribution < -0.4 is 5.32 Å². The average molecular weight is 417 g/mol. The smallest absolute Gasteiger partial charge is 0.408 e. The summed E-state index contributed by atoms with van der Waals surface area (Å²) in [4.78, 5) is 14.8. The Balaban J connectivity index is 1.88. The predicted octanol–water partition coefficient (Wildman–Crippen LogP) is 3.80. The van der Waals surface area contributed by atoms with E-state index in [1.54, 1.807) is 6.07 Å². The van der Waals surface area contributed by atoms with Gasteiger partial charge in [0.15, 0.2) is 5.54 Å². The Morgan fingerprint density at radius 1 is 1.23 bits per heavy atom. The molecule has 1 atom stereocenters. The standard InChI is InChI=1S/C21H18F3N3O3/c1-21(10-25,11-28)27-20(29)30-7-6-15-16-8-14(23)9-17(24)19(16)26-18(15)12-2-4-13(22)5-3-12/h2-5,8-9,26,28H,6-7,11H2,1H3,(H,27,29). The van der Waals surface area contributed by atoms with Crippen molar-refractivity contribution >= 4 is 17.0 Å². The molecule has 3 aromatic rings. The van der Waals surface area contributed by atoms with E-state index in [0.717, 1.165) is 12.1 Å². The maximum Gasteiger partial charge on any atom is 0.408 e. The first kappa shape index (κ1) is 21.2. The molecule has 0 saturated carbocycles. The fraction of sp³-hybridized carbons (Fsp3) is 0.238. The summed E-state index contributed by atoms with van der Waals surface area (Å²) in [5.41, 5.74) is 0.0454. The van der Waals surface area contributed by atoms with E-state index >= 15 is 0 Å². The molecule has 0 spiro atoms. The van der Waals surface area contributed by atoms with Crippen LogP contribution in [0.25, 0.3) is 22.2 Å². The van der Waals surface area contributed by atoms with Gasteiger partial charge in [-0.3, -0.25) is 0 Å². The molecule has 0 saturated heterocycles. The number of nitriles is 1. The van der Waals surface area contributed by atoms with Gasteiger partial charge < -0.3 is 20.1 Å². The number of halogens is 3. The molecule has 0 aliphatic heterocycles. The number of amides is 1. The number of nitrogens with one attached hydrogen (secondary N) is 2. The molecule has 3 rings (SSSR count). The molecule has 0 aliphatic carbocycles. The lowest BCUT2D eigenvalue weighted by molar-refractivity contribution is 0.129. The number of hydrogen-bond donors (Lipinski definition) is 3. The minimum absolute atomic E-state index is 0.0764. The molecule has 0 bridgehead atoms. The first-order valence-electron chi connectivity index (χ1n) is 8.99. The molecule has 0 aliphatic rings. The first-order valence-corrected chi connectivity index (χ1v) is 8.99. The summed E-state index contributed by atoms with van der Waals surface area (Å²) in [6.07, 6.45) is -0.834. The van der Waals surface area contributed by atoms with Crippen molar-refractivity contribution in [3.8, 4) is 17.3 Å². The van der Waals surface area contributed by atoms with Crippen LogP contribution in [-0.4, -0.2) is 34.9 Å². The second-order valence-electron chi connectivity index (χ2n) is 6.91. The lowest BCUT2D eigenvalue weighted by atomic mass is 10.0. The van der Waals surface area contributed by atoms with E-state index in [9.17, 15) is 18.0 Å². The number of benzene rings is 2. The number of H-pyrrole nitrogens is 1. The highest BCUT2D eigenvalue weighted by Gasteiger charge is 2.26. The predicted molar refractivity (Wildman–Crippen MR) is 103 cm³/mol. The van der Waals surface area contributed by atoms with Gasteiger partial charge in [0.25, 0.3) is 0 Å². The summed E-state index contributed by atoms with van der Waals surface area (Å²) in [6.45, 7) is 0.554. The van der Waals surface area contributed by atoms with Crippen molar-refractivity contribution in [2.24, 2.45) is 0 Å². The largest absolute Gasteiger partial charge is 0.449 e. The third-order valence-corrected chi connectivity index (χ3v) is 4.59. The number of aliphatic hydroxyl groups is 1. The molecular formula is C21H18F3N3O3. The number of hydrogen-bond acceptors (Lipinski definition) is 4. The second kappa shape index (κ2) is 8.47. The highest BCUT2D eigenvalue weighted by Crippen LogP contribution is 2.33. The van der Waals surface area contributed by atoms with Gasteiger partial charge in [-0.1, -0.05) is 0 Å². The number of fused-ring (bicyclic) bond motifs is 1. The quantitative estimate of drug-likeness (QED) is 0.568. The highest BCUT2D eigenvalue weighted by molar-refractivity contribution is 5.91. The first-order chi connectivity index (χ1) is 14.3. The summed E-state index contributed by atoms with van der Waals surface area (Å²) in [7, 11) is 0. The Kier molecular flexibility index (Phi) is 5.99. The summed E-state index contributed by atoms with van der Waals surface area (Å²) in [5.74, 6) is -2.00. The number of ether oxygens (including phenoxy) is 1. The molecule has 1 amide bonds. The van der Waals surface area contributed by atoms with E-state index in [-0.39, 0.29) is 23.9 Å². The van der Waals surface area contributed by atoms with Crippen molar-refractivity contribution in [2.75, 3.05) is 13.2 Å².